The largest absolute Gasteiger partial charge is 0.503 e. The zero-order valence-corrected chi connectivity index (χ0v) is 13.2. The molecule has 0 saturated heterocycles. The molecule has 2 aromatic carbocycles. The maximum atomic E-state index is 12.6. The smallest absolute Gasteiger partial charge is 0.294 e. The van der Waals surface area contributed by atoms with Gasteiger partial charge in [-0.1, -0.05) is 30.3 Å². The van der Waals surface area contributed by atoms with Crippen LogP contribution in [0.1, 0.15) is 18.5 Å². The monoisotopic (exact) mass is 338 g/mol. The number of carbonyl (C=O) groups is 2. The molecule has 0 aromatic heterocycles. The molecule has 2 aromatic rings. The molecule has 0 fully saturated rings. The predicted molar refractivity (Wildman–Crippen MR) is 90.1 cm³/mol. The first-order valence-corrected chi connectivity index (χ1v) is 7.49. The molecule has 0 saturated carbocycles. The van der Waals surface area contributed by atoms with Crippen LogP contribution in [-0.4, -0.2) is 21.7 Å². The van der Waals surface area contributed by atoms with Crippen LogP contribution in [0.5, 0.6) is 0 Å². The lowest BCUT2D eigenvalue weighted by molar-refractivity contribution is -0.384. The molecular formula is C18H14N2O5. The Bertz CT molecular complexity index is 905. The summed E-state index contributed by atoms with van der Waals surface area (Å²) in [5, 5.41) is 21.3. The van der Waals surface area contributed by atoms with Gasteiger partial charge in [-0.25, -0.2) is 0 Å². The number of hydrogen-bond donors (Lipinski definition) is 1. The normalized spacial score (nSPS) is 17.1. The van der Waals surface area contributed by atoms with E-state index in [0.29, 0.717) is 11.3 Å². The third kappa shape index (κ3) is 2.76. The Balaban J connectivity index is 2.20. The number of aliphatic hydroxyl groups is 1. The molecule has 0 aliphatic carbocycles. The second-order valence-corrected chi connectivity index (χ2v) is 5.58. The number of para-hydroxylation sites is 1. The van der Waals surface area contributed by atoms with Crippen molar-refractivity contribution in [1.29, 1.82) is 0 Å². The molecule has 3 rings (SSSR count). The molecule has 1 amide bonds. The minimum atomic E-state index is -0.924. The van der Waals surface area contributed by atoms with Crippen LogP contribution in [0.4, 0.5) is 11.4 Å². The first-order valence-electron chi connectivity index (χ1n) is 7.49. The van der Waals surface area contributed by atoms with Gasteiger partial charge in [0.15, 0.2) is 11.5 Å². The summed E-state index contributed by atoms with van der Waals surface area (Å²) in [5.74, 6) is -1.82. The topological polar surface area (TPSA) is 101 Å². The number of aliphatic hydroxyl groups excluding tert-OH is 1. The SMILES string of the molecule is CC(=O)C1=C(O)C(=O)N(c2ccccc2)C1c1cccc([N+](=O)[O-])c1. The number of nitro groups is 1. The molecule has 25 heavy (non-hydrogen) atoms. The number of amides is 1. The fourth-order valence-corrected chi connectivity index (χ4v) is 2.94. The summed E-state index contributed by atoms with van der Waals surface area (Å²) < 4.78 is 0. The number of benzene rings is 2. The second-order valence-electron chi connectivity index (χ2n) is 5.58. The Kier molecular flexibility index (Phi) is 4.06. The molecule has 1 aliphatic rings. The molecule has 0 radical (unpaired) electrons. The van der Waals surface area contributed by atoms with E-state index in [-0.39, 0.29) is 11.3 Å². The van der Waals surface area contributed by atoms with Crippen LogP contribution in [-0.2, 0) is 9.59 Å². The summed E-state index contributed by atoms with van der Waals surface area (Å²) >= 11 is 0. The van der Waals surface area contributed by atoms with E-state index in [1.165, 1.54) is 30.0 Å². The Hall–Kier alpha value is -3.48. The highest BCUT2D eigenvalue weighted by molar-refractivity contribution is 6.16. The molecule has 1 atom stereocenters. The van der Waals surface area contributed by atoms with Crippen LogP contribution in [0.2, 0.25) is 0 Å². The summed E-state index contributed by atoms with van der Waals surface area (Å²) in [6.45, 7) is 1.25. The summed E-state index contributed by atoms with van der Waals surface area (Å²) in [5.41, 5.74) is 0.620. The second kappa shape index (κ2) is 6.20. The van der Waals surface area contributed by atoms with Crippen molar-refractivity contribution >= 4 is 23.1 Å². The summed E-state index contributed by atoms with van der Waals surface area (Å²) in [6.07, 6.45) is 0. The molecule has 1 N–H and O–H groups in total. The zero-order chi connectivity index (χ0) is 18.1. The van der Waals surface area contributed by atoms with Crippen LogP contribution in [0.25, 0.3) is 0 Å². The lowest BCUT2D eigenvalue weighted by Crippen LogP contribution is -2.30. The van der Waals surface area contributed by atoms with E-state index < -0.39 is 28.4 Å². The summed E-state index contributed by atoms with van der Waals surface area (Å²) in [6, 6.07) is 13.3. The molecule has 7 nitrogen and oxygen atoms in total. The molecule has 1 heterocycles. The van der Waals surface area contributed by atoms with E-state index in [1.807, 2.05) is 0 Å². The Morgan fingerprint density at radius 2 is 1.84 bits per heavy atom. The van der Waals surface area contributed by atoms with Gasteiger partial charge in [-0.05, 0) is 24.6 Å². The highest BCUT2D eigenvalue weighted by Crippen LogP contribution is 2.41. The number of anilines is 1. The minimum absolute atomic E-state index is 0.0747. The summed E-state index contributed by atoms with van der Waals surface area (Å²) in [4.78, 5) is 36.4. The third-order valence-corrected chi connectivity index (χ3v) is 4.02. The molecule has 1 unspecified atom stereocenters. The first kappa shape index (κ1) is 16.4. The number of carbonyl (C=O) groups excluding carboxylic acids is 2. The number of non-ortho nitro benzene ring substituents is 1. The molecule has 1 aliphatic heterocycles. The van der Waals surface area contributed by atoms with Crippen molar-refractivity contribution < 1.29 is 19.6 Å². The van der Waals surface area contributed by atoms with Crippen LogP contribution < -0.4 is 4.90 Å². The predicted octanol–water partition coefficient (Wildman–Crippen LogP) is 3.08. The van der Waals surface area contributed by atoms with Gasteiger partial charge in [-0.15, -0.1) is 0 Å². The van der Waals surface area contributed by atoms with Crippen LogP contribution in [0.3, 0.4) is 0 Å². The van der Waals surface area contributed by atoms with Gasteiger partial charge >= 0.3 is 0 Å². The van der Waals surface area contributed by atoms with Crippen molar-refractivity contribution in [3.8, 4) is 0 Å². The van der Waals surface area contributed by atoms with E-state index >= 15 is 0 Å². The Morgan fingerprint density at radius 1 is 1.16 bits per heavy atom. The fraction of sp³-hybridized carbons (Fsp3) is 0.111. The van der Waals surface area contributed by atoms with Gasteiger partial charge in [0.2, 0.25) is 0 Å². The average molecular weight is 338 g/mol. The lowest BCUT2D eigenvalue weighted by atomic mass is 9.96. The number of rotatable bonds is 4. The quantitative estimate of drug-likeness (QED) is 0.682. The average Bonchev–Trinajstić information content (AvgIpc) is 2.87. The minimum Gasteiger partial charge on any atom is -0.503 e. The van der Waals surface area contributed by atoms with Gasteiger partial charge in [-0.2, -0.15) is 0 Å². The zero-order valence-electron chi connectivity index (χ0n) is 13.2. The van der Waals surface area contributed by atoms with Gasteiger partial charge in [-0.3, -0.25) is 24.6 Å². The maximum absolute atomic E-state index is 12.6. The van der Waals surface area contributed by atoms with Crippen molar-refractivity contribution in [3.63, 3.8) is 0 Å². The van der Waals surface area contributed by atoms with E-state index in [2.05, 4.69) is 0 Å². The molecule has 7 heteroatoms. The van der Waals surface area contributed by atoms with Crippen molar-refractivity contribution in [2.45, 2.75) is 13.0 Å². The third-order valence-electron chi connectivity index (χ3n) is 4.02. The molecular weight excluding hydrogens is 324 g/mol. The van der Waals surface area contributed by atoms with Crippen molar-refractivity contribution in [2.75, 3.05) is 4.90 Å². The van der Waals surface area contributed by atoms with E-state index in [4.69, 9.17) is 0 Å². The van der Waals surface area contributed by atoms with Crippen molar-refractivity contribution in [2.24, 2.45) is 0 Å². The highest BCUT2D eigenvalue weighted by atomic mass is 16.6. The number of nitrogens with zero attached hydrogens (tertiary/aromatic N) is 2. The van der Waals surface area contributed by atoms with E-state index in [1.54, 1.807) is 36.4 Å². The van der Waals surface area contributed by atoms with E-state index in [0.717, 1.165) is 0 Å². The highest BCUT2D eigenvalue weighted by Gasteiger charge is 2.43. The van der Waals surface area contributed by atoms with Crippen molar-refractivity contribution in [3.05, 3.63) is 81.6 Å². The molecule has 0 bridgehead atoms. The van der Waals surface area contributed by atoms with Gasteiger partial charge in [0.05, 0.1) is 16.5 Å². The van der Waals surface area contributed by atoms with Crippen LogP contribution in [0, 0.1) is 10.1 Å². The van der Waals surface area contributed by atoms with Gasteiger partial charge in [0.25, 0.3) is 11.6 Å². The van der Waals surface area contributed by atoms with Gasteiger partial charge in [0, 0.05) is 17.8 Å². The standard InChI is InChI=1S/C18H14N2O5/c1-11(21)15-16(12-6-5-9-14(10-12)20(24)25)19(18(23)17(15)22)13-7-3-2-4-8-13/h2-10,16,22H,1H3. The van der Waals surface area contributed by atoms with E-state index in [9.17, 15) is 24.8 Å². The Morgan fingerprint density at radius 3 is 2.44 bits per heavy atom. The number of Topliss-reactive ketones (excluding diaryl/α,β-unsaturated/α-hetero) is 1. The van der Waals surface area contributed by atoms with Crippen LogP contribution in [0.15, 0.2) is 65.9 Å². The fourth-order valence-electron chi connectivity index (χ4n) is 2.94. The van der Waals surface area contributed by atoms with Crippen molar-refractivity contribution in [1.82, 2.24) is 0 Å². The first-order chi connectivity index (χ1) is 11.9. The van der Waals surface area contributed by atoms with Gasteiger partial charge in [0.1, 0.15) is 0 Å². The number of hydrogen-bond acceptors (Lipinski definition) is 5. The maximum Gasteiger partial charge on any atom is 0.294 e. The summed E-state index contributed by atoms with van der Waals surface area (Å²) in [7, 11) is 0. The number of ketones is 1. The lowest BCUT2D eigenvalue weighted by Gasteiger charge is -2.26. The molecule has 0 spiro atoms. The van der Waals surface area contributed by atoms with Crippen LogP contribution >= 0.6 is 0 Å². The van der Waals surface area contributed by atoms with Gasteiger partial charge < -0.3 is 5.11 Å². The number of nitro benzene ring substituents is 1. The molecule has 126 valence electrons. The Labute approximate surface area is 143 Å².